The van der Waals surface area contributed by atoms with Gasteiger partial charge in [-0.05, 0) is 60.1 Å². The van der Waals surface area contributed by atoms with Crippen molar-refractivity contribution in [3.05, 3.63) is 89.7 Å². The van der Waals surface area contributed by atoms with Crippen LogP contribution in [0.2, 0.25) is 0 Å². The number of hydrogen-bond acceptors (Lipinski definition) is 4. The maximum absolute atomic E-state index is 14.8. The summed E-state index contributed by atoms with van der Waals surface area (Å²) in [5.41, 5.74) is 3.55. The van der Waals surface area contributed by atoms with Crippen LogP contribution in [0.25, 0.3) is 0 Å². The third-order valence-corrected chi connectivity index (χ3v) is 5.25. The predicted molar refractivity (Wildman–Crippen MR) is 124 cm³/mol. The first kappa shape index (κ1) is 20.8. The number of halogens is 1. The molecule has 5 nitrogen and oxygen atoms in total. The van der Waals surface area contributed by atoms with Crippen molar-refractivity contribution in [2.24, 2.45) is 0 Å². The fourth-order valence-corrected chi connectivity index (χ4v) is 3.76. The maximum atomic E-state index is 14.8. The molecule has 7 heteroatoms. The lowest BCUT2D eigenvalue weighted by molar-refractivity contribution is -0.121. The SMILES string of the molecule is O=C(COc1ccccc1)NC(=S)Nc1ccc(N2CCc3ccccc3C2)c(F)c1. The summed E-state index contributed by atoms with van der Waals surface area (Å²) in [6.07, 6.45) is 0.886. The average molecular weight is 436 g/mol. The van der Waals surface area contributed by atoms with E-state index in [1.807, 2.05) is 35.2 Å². The van der Waals surface area contributed by atoms with E-state index in [9.17, 15) is 9.18 Å². The number of ether oxygens (including phenoxy) is 1. The van der Waals surface area contributed by atoms with Crippen LogP contribution in [0.3, 0.4) is 0 Å². The summed E-state index contributed by atoms with van der Waals surface area (Å²) < 4.78 is 20.2. The number of benzene rings is 3. The molecule has 1 aliphatic rings. The van der Waals surface area contributed by atoms with Gasteiger partial charge in [0.2, 0.25) is 0 Å². The fraction of sp³-hybridized carbons (Fsp3) is 0.167. The van der Waals surface area contributed by atoms with E-state index in [4.69, 9.17) is 17.0 Å². The number of fused-ring (bicyclic) bond motifs is 1. The molecular formula is C24H22FN3O2S. The molecule has 0 fully saturated rings. The Balaban J connectivity index is 1.32. The summed E-state index contributed by atoms with van der Waals surface area (Å²) in [6.45, 7) is 1.27. The highest BCUT2D eigenvalue weighted by atomic mass is 32.1. The zero-order valence-corrected chi connectivity index (χ0v) is 17.6. The summed E-state index contributed by atoms with van der Waals surface area (Å²) in [4.78, 5) is 14.0. The highest BCUT2D eigenvalue weighted by Crippen LogP contribution is 2.28. The van der Waals surface area contributed by atoms with Crippen LogP contribution < -0.4 is 20.3 Å². The summed E-state index contributed by atoms with van der Waals surface area (Å²) in [6, 6.07) is 22.1. The molecule has 0 radical (unpaired) electrons. The summed E-state index contributed by atoms with van der Waals surface area (Å²) in [5, 5.41) is 5.46. The number of nitrogens with zero attached hydrogens (tertiary/aromatic N) is 1. The normalized spacial score (nSPS) is 12.6. The van der Waals surface area contributed by atoms with Crippen LogP contribution in [0.15, 0.2) is 72.8 Å². The van der Waals surface area contributed by atoms with Gasteiger partial charge in [0.15, 0.2) is 11.7 Å². The van der Waals surface area contributed by atoms with Gasteiger partial charge in [-0.25, -0.2) is 4.39 Å². The Hall–Kier alpha value is -3.45. The van der Waals surface area contributed by atoms with E-state index in [-0.39, 0.29) is 17.5 Å². The maximum Gasteiger partial charge on any atom is 0.264 e. The lowest BCUT2D eigenvalue weighted by Gasteiger charge is -2.31. The average Bonchev–Trinajstić information content (AvgIpc) is 2.78. The van der Waals surface area contributed by atoms with Crippen molar-refractivity contribution in [3.63, 3.8) is 0 Å². The molecule has 2 N–H and O–H groups in total. The first-order valence-corrected chi connectivity index (χ1v) is 10.4. The molecule has 0 aromatic heterocycles. The zero-order chi connectivity index (χ0) is 21.6. The Labute approximate surface area is 185 Å². The minimum absolute atomic E-state index is 0.0840. The Morgan fingerprint density at radius 3 is 2.55 bits per heavy atom. The number of nitrogens with one attached hydrogen (secondary N) is 2. The van der Waals surface area contributed by atoms with Crippen LogP contribution in [0.4, 0.5) is 15.8 Å². The molecule has 31 heavy (non-hydrogen) atoms. The van der Waals surface area contributed by atoms with E-state index >= 15 is 0 Å². The standard InChI is InChI=1S/C24H22FN3O2S/c25-21-14-19(26-24(31)27-23(29)16-30-20-8-2-1-3-9-20)10-11-22(21)28-13-12-17-6-4-5-7-18(17)15-28/h1-11,14H,12-13,15-16H2,(H2,26,27,29,31). The van der Waals surface area contributed by atoms with Crippen LogP contribution >= 0.6 is 12.2 Å². The minimum Gasteiger partial charge on any atom is -0.484 e. The molecule has 0 saturated heterocycles. The van der Waals surface area contributed by atoms with Gasteiger partial charge in [0.1, 0.15) is 11.6 Å². The number of carbonyl (C=O) groups excluding carboxylic acids is 1. The molecule has 0 unspecified atom stereocenters. The van der Waals surface area contributed by atoms with Gasteiger partial charge >= 0.3 is 0 Å². The molecule has 1 aliphatic heterocycles. The number of thiocarbonyl (C=S) groups is 1. The molecule has 0 bridgehead atoms. The molecule has 0 aliphatic carbocycles. The smallest absolute Gasteiger partial charge is 0.264 e. The lowest BCUT2D eigenvalue weighted by Crippen LogP contribution is -2.37. The van der Waals surface area contributed by atoms with E-state index in [1.165, 1.54) is 17.2 Å². The van der Waals surface area contributed by atoms with E-state index < -0.39 is 5.91 Å². The van der Waals surface area contributed by atoms with Crippen molar-refractivity contribution < 1.29 is 13.9 Å². The van der Waals surface area contributed by atoms with E-state index in [0.717, 1.165) is 13.0 Å². The summed E-state index contributed by atoms with van der Waals surface area (Å²) in [7, 11) is 0. The van der Waals surface area contributed by atoms with Gasteiger partial charge in [0, 0.05) is 18.8 Å². The topological polar surface area (TPSA) is 53.6 Å². The quantitative estimate of drug-likeness (QED) is 0.586. The van der Waals surface area contributed by atoms with Gasteiger partial charge < -0.3 is 15.0 Å². The zero-order valence-electron chi connectivity index (χ0n) is 16.8. The third kappa shape index (κ3) is 5.38. The van der Waals surface area contributed by atoms with Crippen molar-refractivity contribution >= 4 is 34.6 Å². The second-order valence-electron chi connectivity index (χ2n) is 7.21. The first-order valence-electron chi connectivity index (χ1n) is 9.98. The third-order valence-electron chi connectivity index (χ3n) is 5.04. The molecule has 158 valence electrons. The van der Waals surface area contributed by atoms with Crippen molar-refractivity contribution in [1.82, 2.24) is 5.32 Å². The molecule has 3 aromatic rings. The Bertz CT molecular complexity index is 1090. The number of anilines is 2. The second kappa shape index (κ2) is 9.57. The monoisotopic (exact) mass is 435 g/mol. The van der Waals surface area contributed by atoms with Crippen LogP contribution in [0.5, 0.6) is 5.75 Å². The highest BCUT2D eigenvalue weighted by Gasteiger charge is 2.19. The molecule has 0 saturated carbocycles. The predicted octanol–water partition coefficient (Wildman–Crippen LogP) is 4.28. The summed E-state index contributed by atoms with van der Waals surface area (Å²) in [5.74, 6) is -0.147. The lowest BCUT2D eigenvalue weighted by atomic mass is 9.99. The van der Waals surface area contributed by atoms with Crippen molar-refractivity contribution in [2.45, 2.75) is 13.0 Å². The van der Waals surface area contributed by atoms with E-state index in [2.05, 4.69) is 22.8 Å². The van der Waals surface area contributed by atoms with Gasteiger partial charge in [-0.3, -0.25) is 10.1 Å². The fourth-order valence-electron chi connectivity index (χ4n) is 3.53. The number of rotatable bonds is 5. The van der Waals surface area contributed by atoms with E-state index in [1.54, 1.807) is 24.3 Å². The van der Waals surface area contributed by atoms with Gasteiger partial charge in [-0.15, -0.1) is 0 Å². The van der Waals surface area contributed by atoms with Crippen LogP contribution in [0.1, 0.15) is 11.1 Å². The van der Waals surface area contributed by atoms with Gasteiger partial charge in [0.25, 0.3) is 5.91 Å². The number of amides is 1. The van der Waals surface area contributed by atoms with Crippen LogP contribution in [-0.2, 0) is 17.8 Å². The van der Waals surface area contributed by atoms with Gasteiger partial charge in [-0.1, -0.05) is 42.5 Å². The first-order chi connectivity index (χ1) is 15.1. The van der Waals surface area contributed by atoms with Crippen molar-refractivity contribution in [2.75, 3.05) is 23.4 Å². The number of carbonyl (C=O) groups is 1. The van der Waals surface area contributed by atoms with E-state index in [0.29, 0.717) is 23.7 Å². The largest absolute Gasteiger partial charge is 0.484 e. The molecule has 4 rings (SSSR count). The van der Waals surface area contributed by atoms with Crippen LogP contribution in [-0.4, -0.2) is 24.2 Å². The molecule has 0 atom stereocenters. The molecule has 3 aromatic carbocycles. The van der Waals surface area contributed by atoms with Gasteiger partial charge in [-0.2, -0.15) is 0 Å². The van der Waals surface area contributed by atoms with Gasteiger partial charge in [0.05, 0.1) is 5.69 Å². The Kier molecular flexibility index (Phi) is 6.43. The Morgan fingerprint density at radius 1 is 1.03 bits per heavy atom. The van der Waals surface area contributed by atoms with Crippen molar-refractivity contribution in [1.29, 1.82) is 0 Å². The number of para-hydroxylation sites is 1. The molecule has 1 heterocycles. The van der Waals surface area contributed by atoms with Crippen molar-refractivity contribution in [3.8, 4) is 5.75 Å². The van der Waals surface area contributed by atoms with Crippen LogP contribution in [0, 0.1) is 5.82 Å². The Morgan fingerprint density at radius 2 is 1.77 bits per heavy atom. The molecule has 1 amide bonds. The minimum atomic E-state index is -0.398. The molecular weight excluding hydrogens is 413 g/mol. The second-order valence-corrected chi connectivity index (χ2v) is 7.62. The molecule has 0 spiro atoms. The highest BCUT2D eigenvalue weighted by molar-refractivity contribution is 7.80. The summed E-state index contributed by atoms with van der Waals surface area (Å²) >= 11 is 5.16. The number of hydrogen-bond donors (Lipinski definition) is 2.